The van der Waals surface area contributed by atoms with Crippen LogP contribution < -0.4 is 0 Å². The van der Waals surface area contributed by atoms with Gasteiger partial charge in [-0.2, -0.15) is 0 Å². The molecule has 0 amide bonds. The van der Waals surface area contributed by atoms with Gasteiger partial charge in [-0.3, -0.25) is 4.79 Å². The van der Waals surface area contributed by atoms with E-state index in [0.29, 0.717) is 28.3 Å². The van der Waals surface area contributed by atoms with E-state index in [2.05, 4.69) is 15.9 Å². The minimum absolute atomic E-state index is 0.0361. The summed E-state index contributed by atoms with van der Waals surface area (Å²) in [4.78, 5) is 10.9. The minimum Gasteiger partial charge on any atom is -0.481 e. The number of carboxylic acids is 1. The van der Waals surface area contributed by atoms with E-state index in [0.717, 1.165) is 18.0 Å². The minimum atomic E-state index is -3.60. The van der Waals surface area contributed by atoms with E-state index in [1.165, 1.54) is 6.07 Å². The van der Waals surface area contributed by atoms with Gasteiger partial charge in [-0.05, 0) is 34.5 Å². The predicted octanol–water partition coefficient (Wildman–Crippen LogP) is 2.91. The number of aromatic nitrogens is 1. The van der Waals surface area contributed by atoms with Crippen LogP contribution >= 0.6 is 15.9 Å². The van der Waals surface area contributed by atoms with Gasteiger partial charge in [-0.15, -0.1) is 0 Å². The van der Waals surface area contributed by atoms with Crippen LogP contribution in [0.2, 0.25) is 0 Å². The number of fused-ring (bicyclic) bond motifs is 3. The molecule has 1 aliphatic rings. The third-order valence-electron chi connectivity index (χ3n) is 3.98. The fraction of sp³-hybridized carbons (Fsp3) is 0.357. The molecule has 2 heterocycles. The molecule has 0 aliphatic carbocycles. The number of benzene rings is 1. The molecule has 0 saturated carbocycles. The number of carbonyl (C=O) groups is 1. The Morgan fingerprint density at radius 3 is 2.77 bits per heavy atom. The number of hydrogen-bond donors (Lipinski definition) is 1. The van der Waals surface area contributed by atoms with Crippen molar-refractivity contribution in [3.05, 3.63) is 28.1 Å². The zero-order valence-electron chi connectivity index (χ0n) is 11.6. The maximum atomic E-state index is 13.8. The maximum Gasteiger partial charge on any atom is 0.304 e. The van der Waals surface area contributed by atoms with Gasteiger partial charge >= 0.3 is 5.97 Å². The molecule has 8 heteroatoms. The standard InChI is InChI=1S/C14H13BrFNO4S/c1-22(20,21)10-6-8(16)5-9-12(10)13(15)14-7(4-11(18)19)2-3-17(9)14/h5-7H,2-4H2,1H3,(H,18,19). The Hall–Kier alpha value is -1.41. The Labute approximate surface area is 134 Å². The van der Waals surface area contributed by atoms with Gasteiger partial charge in [-0.25, -0.2) is 12.8 Å². The number of aryl methyl sites for hydroxylation is 1. The highest BCUT2D eigenvalue weighted by Crippen LogP contribution is 2.45. The quantitative estimate of drug-likeness (QED) is 0.875. The van der Waals surface area contributed by atoms with Gasteiger partial charge in [0.05, 0.1) is 16.8 Å². The van der Waals surface area contributed by atoms with Gasteiger partial charge in [0.2, 0.25) is 0 Å². The second-order valence-corrected chi connectivity index (χ2v) is 8.28. The van der Waals surface area contributed by atoms with Crippen LogP contribution in [0.15, 0.2) is 21.5 Å². The van der Waals surface area contributed by atoms with Crippen LogP contribution in [-0.2, 0) is 21.2 Å². The van der Waals surface area contributed by atoms with E-state index >= 15 is 0 Å². The molecule has 3 rings (SSSR count). The lowest BCUT2D eigenvalue weighted by Gasteiger charge is -2.07. The van der Waals surface area contributed by atoms with Gasteiger partial charge in [0.1, 0.15) is 5.82 Å². The topological polar surface area (TPSA) is 76.4 Å². The fourth-order valence-electron chi connectivity index (χ4n) is 3.14. The number of halogens is 2. The molecule has 1 aliphatic heterocycles. The van der Waals surface area contributed by atoms with Crippen molar-refractivity contribution in [2.45, 2.75) is 30.2 Å². The predicted molar refractivity (Wildman–Crippen MR) is 82.3 cm³/mol. The average molecular weight is 390 g/mol. The summed E-state index contributed by atoms with van der Waals surface area (Å²) in [7, 11) is -3.60. The lowest BCUT2D eigenvalue weighted by Crippen LogP contribution is -2.03. The Morgan fingerprint density at radius 2 is 2.18 bits per heavy atom. The molecule has 1 N–H and O–H groups in total. The van der Waals surface area contributed by atoms with Crippen molar-refractivity contribution in [2.75, 3.05) is 6.26 Å². The summed E-state index contributed by atoms with van der Waals surface area (Å²) >= 11 is 3.40. The molecule has 0 saturated heterocycles. The number of nitrogens with zero attached hydrogens (tertiary/aromatic N) is 1. The van der Waals surface area contributed by atoms with Crippen LogP contribution in [0.1, 0.15) is 24.5 Å². The summed E-state index contributed by atoms with van der Waals surface area (Å²) in [6.07, 6.45) is 1.64. The van der Waals surface area contributed by atoms with Crippen molar-refractivity contribution in [3.63, 3.8) is 0 Å². The van der Waals surface area contributed by atoms with Crippen LogP contribution in [0.4, 0.5) is 4.39 Å². The maximum absolute atomic E-state index is 13.8. The second kappa shape index (κ2) is 5.06. The van der Waals surface area contributed by atoms with Gasteiger partial charge in [-0.1, -0.05) is 0 Å². The normalized spacial score (nSPS) is 17.9. The third-order valence-corrected chi connectivity index (χ3v) is 5.90. The van der Waals surface area contributed by atoms with Crippen molar-refractivity contribution in [1.82, 2.24) is 4.57 Å². The van der Waals surface area contributed by atoms with Crippen molar-refractivity contribution in [2.24, 2.45) is 0 Å². The number of aliphatic carboxylic acids is 1. The molecule has 0 radical (unpaired) electrons. The first-order chi connectivity index (χ1) is 10.2. The largest absolute Gasteiger partial charge is 0.481 e. The van der Waals surface area contributed by atoms with E-state index in [1.807, 2.05) is 4.57 Å². The first-order valence-corrected chi connectivity index (χ1v) is 9.31. The van der Waals surface area contributed by atoms with E-state index < -0.39 is 21.6 Å². The van der Waals surface area contributed by atoms with Crippen LogP contribution in [0.25, 0.3) is 10.9 Å². The fourth-order valence-corrected chi connectivity index (χ4v) is 5.13. The molecule has 0 spiro atoms. The van der Waals surface area contributed by atoms with Crippen molar-refractivity contribution >= 4 is 42.6 Å². The zero-order valence-corrected chi connectivity index (χ0v) is 14.0. The van der Waals surface area contributed by atoms with E-state index in [-0.39, 0.29) is 17.2 Å². The molecule has 22 heavy (non-hydrogen) atoms. The number of rotatable bonds is 3. The summed E-state index contributed by atoms with van der Waals surface area (Å²) in [5, 5.41) is 9.44. The van der Waals surface area contributed by atoms with Gasteiger partial charge in [0.25, 0.3) is 0 Å². The molecule has 0 bridgehead atoms. The van der Waals surface area contributed by atoms with Crippen LogP contribution in [0.5, 0.6) is 0 Å². The molecule has 0 fully saturated rings. The highest BCUT2D eigenvalue weighted by atomic mass is 79.9. The first kappa shape index (κ1) is 15.5. The molecular weight excluding hydrogens is 377 g/mol. The molecule has 2 aromatic rings. The van der Waals surface area contributed by atoms with Crippen molar-refractivity contribution in [1.29, 1.82) is 0 Å². The summed E-state index contributed by atoms with van der Waals surface area (Å²) in [6.45, 7) is 0.544. The lowest BCUT2D eigenvalue weighted by molar-refractivity contribution is -0.137. The molecular formula is C14H13BrFNO4S. The van der Waals surface area contributed by atoms with E-state index in [1.54, 1.807) is 0 Å². The molecule has 5 nitrogen and oxygen atoms in total. The first-order valence-electron chi connectivity index (χ1n) is 6.63. The van der Waals surface area contributed by atoms with Gasteiger partial charge < -0.3 is 9.67 Å². The number of sulfone groups is 1. The second-order valence-electron chi connectivity index (χ2n) is 5.50. The van der Waals surface area contributed by atoms with E-state index in [9.17, 15) is 17.6 Å². The Kier molecular flexibility index (Phi) is 3.56. The molecule has 1 aromatic carbocycles. The Balaban J connectivity index is 2.35. The summed E-state index contributed by atoms with van der Waals surface area (Å²) in [5.74, 6) is -1.75. The summed E-state index contributed by atoms with van der Waals surface area (Å²) in [5.41, 5.74) is 1.21. The molecule has 1 aromatic heterocycles. The lowest BCUT2D eigenvalue weighted by atomic mass is 10.0. The number of carboxylic acid groups (broad SMARTS) is 1. The highest BCUT2D eigenvalue weighted by molar-refractivity contribution is 9.10. The average Bonchev–Trinajstić information content (AvgIpc) is 2.89. The van der Waals surface area contributed by atoms with Crippen LogP contribution in [0, 0.1) is 5.82 Å². The summed E-state index contributed by atoms with van der Waals surface area (Å²) < 4.78 is 40.1. The van der Waals surface area contributed by atoms with Crippen molar-refractivity contribution in [3.8, 4) is 0 Å². The summed E-state index contributed by atoms with van der Waals surface area (Å²) in [6, 6.07) is 2.30. The smallest absolute Gasteiger partial charge is 0.304 e. The third kappa shape index (κ3) is 2.34. The highest BCUT2D eigenvalue weighted by Gasteiger charge is 2.32. The molecule has 118 valence electrons. The van der Waals surface area contributed by atoms with Crippen LogP contribution in [-0.4, -0.2) is 30.3 Å². The van der Waals surface area contributed by atoms with Gasteiger partial charge in [0, 0.05) is 34.3 Å². The Morgan fingerprint density at radius 1 is 1.50 bits per heavy atom. The Bertz CT molecular complexity index is 903. The van der Waals surface area contributed by atoms with E-state index in [4.69, 9.17) is 5.11 Å². The monoisotopic (exact) mass is 389 g/mol. The van der Waals surface area contributed by atoms with Crippen LogP contribution in [0.3, 0.4) is 0 Å². The van der Waals surface area contributed by atoms with Crippen molar-refractivity contribution < 1.29 is 22.7 Å². The SMILES string of the molecule is CS(=O)(=O)c1cc(F)cc2c1c(Br)c1n2CCC1CC(=O)O. The molecule has 1 unspecified atom stereocenters. The number of hydrogen-bond acceptors (Lipinski definition) is 3. The zero-order chi connectivity index (χ0) is 16.2. The van der Waals surface area contributed by atoms with Gasteiger partial charge in [0.15, 0.2) is 9.84 Å². The molecule has 1 atom stereocenters.